The monoisotopic (exact) mass is 406 g/mol. The molecule has 6 heteroatoms. The summed E-state index contributed by atoms with van der Waals surface area (Å²) in [5.41, 5.74) is 1.43. The van der Waals surface area contributed by atoms with Gasteiger partial charge in [-0.3, -0.25) is 9.79 Å². The van der Waals surface area contributed by atoms with Gasteiger partial charge in [-0.1, -0.05) is 30.2 Å². The van der Waals surface area contributed by atoms with E-state index in [-0.39, 0.29) is 12.5 Å². The molecule has 0 spiro atoms. The lowest BCUT2D eigenvalue weighted by molar-refractivity contribution is -0.115. The number of carbonyl (C=O) groups excluding carboxylic acids is 1. The van der Waals surface area contributed by atoms with Crippen molar-refractivity contribution in [2.75, 3.05) is 37.8 Å². The van der Waals surface area contributed by atoms with E-state index < -0.39 is 0 Å². The first-order valence-corrected chi connectivity index (χ1v) is 10.7. The Kier molecular flexibility index (Phi) is 7.60. The number of hydrogen-bond donors (Lipinski definition) is 2. The van der Waals surface area contributed by atoms with Crippen LogP contribution in [-0.4, -0.2) is 49.2 Å². The minimum absolute atomic E-state index is 0.129. The normalized spacial score (nSPS) is 16.3. The van der Waals surface area contributed by atoms with Gasteiger partial charge >= 0.3 is 0 Å². The van der Waals surface area contributed by atoms with Crippen molar-refractivity contribution in [3.05, 3.63) is 60.2 Å². The Morgan fingerprint density at radius 2 is 2.10 bits per heavy atom. The fourth-order valence-corrected chi connectivity index (χ4v) is 4.33. The molecule has 1 unspecified atom stereocenters. The first-order valence-electron chi connectivity index (χ1n) is 9.68. The van der Waals surface area contributed by atoms with Crippen LogP contribution in [0.3, 0.4) is 0 Å². The van der Waals surface area contributed by atoms with Crippen molar-refractivity contribution in [1.29, 1.82) is 0 Å². The number of anilines is 1. The average molecular weight is 407 g/mol. The minimum atomic E-state index is -0.129. The second-order valence-electron chi connectivity index (χ2n) is 6.90. The van der Waals surface area contributed by atoms with Crippen LogP contribution in [0.1, 0.15) is 12.0 Å². The van der Waals surface area contributed by atoms with E-state index >= 15 is 0 Å². The molecule has 150 valence electrons. The second kappa shape index (κ2) is 10.6. The highest BCUT2D eigenvalue weighted by Gasteiger charge is 2.25. The fourth-order valence-electron chi connectivity index (χ4n) is 3.28. The summed E-state index contributed by atoms with van der Waals surface area (Å²) in [6.07, 6.45) is 6.53. The quantitative estimate of drug-likeness (QED) is 0.335. The zero-order chi connectivity index (χ0) is 20.5. The van der Waals surface area contributed by atoms with Gasteiger partial charge < -0.3 is 15.5 Å². The van der Waals surface area contributed by atoms with Crippen LogP contribution in [0.4, 0.5) is 5.69 Å². The van der Waals surface area contributed by atoms with Gasteiger partial charge in [0.05, 0.1) is 6.54 Å². The number of thioether (sulfide) groups is 1. The van der Waals surface area contributed by atoms with E-state index in [0.717, 1.165) is 36.8 Å². The number of nitrogens with zero attached hydrogens (tertiary/aromatic N) is 2. The summed E-state index contributed by atoms with van der Waals surface area (Å²) in [4.78, 5) is 20.1. The van der Waals surface area contributed by atoms with Crippen molar-refractivity contribution < 1.29 is 4.79 Å². The third kappa shape index (κ3) is 6.30. The maximum absolute atomic E-state index is 12.3. The molecule has 29 heavy (non-hydrogen) atoms. The van der Waals surface area contributed by atoms with Crippen LogP contribution in [0, 0.1) is 18.3 Å². The Labute approximate surface area is 177 Å². The molecule has 1 fully saturated rings. The second-order valence-corrected chi connectivity index (χ2v) is 7.99. The number of amides is 1. The van der Waals surface area contributed by atoms with Crippen LogP contribution in [0.5, 0.6) is 0 Å². The molecule has 0 radical (unpaired) electrons. The highest BCUT2D eigenvalue weighted by Crippen LogP contribution is 2.25. The van der Waals surface area contributed by atoms with Gasteiger partial charge in [-0.15, -0.1) is 18.2 Å². The average Bonchev–Trinajstić information content (AvgIpc) is 3.22. The van der Waals surface area contributed by atoms with E-state index in [1.54, 1.807) is 13.1 Å². The molecule has 2 aromatic rings. The van der Waals surface area contributed by atoms with Gasteiger partial charge in [-0.2, -0.15) is 0 Å². The topological polar surface area (TPSA) is 56.7 Å². The number of guanidine groups is 1. The summed E-state index contributed by atoms with van der Waals surface area (Å²) >= 11 is 1.90. The zero-order valence-electron chi connectivity index (χ0n) is 16.6. The van der Waals surface area contributed by atoms with E-state index in [2.05, 4.69) is 50.7 Å². The largest absolute Gasteiger partial charge is 0.347 e. The van der Waals surface area contributed by atoms with Gasteiger partial charge in [0.15, 0.2) is 5.96 Å². The van der Waals surface area contributed by atoms with E-state index in [0.29, 0.717) is 11.6 Å². The van der Waals surface area contributed by atoms with E-state index in [1.165, 1.54) is 4.90 Å². The smallest absolute Gasteiger partial charge is 0.243 e. The van der Waals surface area contributed by atoms with Crippen LogP contribution in [0.25, 0.3) is 0 Å². The van der Waals surface area contributed by atoms with Gasteiger partial charge in [-0.25, -0.2) is 0 Å². The standard InChI is InChI=1S/C23H26N4OS/c1-3-18-8-7-9-20(14-18)26-22(28)15-25-23(24-2)27-13-12-19(16-27)17-29-21-10-5-4-6-11-21/h1,4-11,14,19H,12-13,15-17H2,2H3,(H,24,25)(H,26,28). The number of carbonyl (C=O) groups is 1. The molecule has 1 aliphatic rings. The lowest BCUT2D eigenvalue weighted by Gasteiger charge is -2.21. The van der Waals surface area contributed by atoms with Gasteiger partial charge in [0.2, 0.25) is 5.91 Å². The molecule has 1 atom stereocenters. The van der Waals surface area contributed by atoms with Crippen LogP contribution < -0.4 is 10.6 Å². The third-order valence-electron chi connectivity index (χ3n) is 4.75. The number of nitrogens with one attached hydrogen (secondary N) is 2. The fraction of sp³-hybridized carbons (Fsp3) is 0.304. The molecule has 0 aliphatic carbocycles. The number of benzene rings is 2. The summed E-state index contributed by atoms with van der Waals surface area (Å²) in [6.45, 7) is 2.06. The van der Waals surface area contributed by atoms with Crippen LogP contribution in [-0.2, 0) is 4.79 Å². The number of hydrogen-bond acceptors (Lipinski definition) is 3. The van der Waals surface area contributed by atoms with Crippen molar-refractivity contribution >= 4 is 29.3 Å². The van der Waals surface area contributed by atoms with Gasteiger partial charge in [0, 0.05) is 42.0 Å². The summed E-state index contributed by atoms with van der Waals surface area (Å²) in [6, 6.07) is 17.7. The summed E-state index contributed by atoms with van der Waals surface area (Å²) < 4.78 is 0. The molecule has 1 amide bonds. The number of terminal acetylenes is 1. The zero-order valence-corrected chi connectivity index (χ0v) is 17.4. The molecule has 1 heterocycles. The van der Waals surface area contributed by atoms with Crippen molar-refractivity contribution in [2.45, 2.75) is 11.3 Å². The maximum Gasteiger partial charge on any atom is 0.243 e. The lowest BCUT2D eigenvalue weighted by atomic mass is 10.2. The molecule has 0 aromatic heterocycles. The van der Waals surface area contributed by atoms with Crippen molar-refractivity contribution in [1.82, 2.24) is 10.2 Å². The molecule has 0 bridgehead atoms. The predicted octanol–water partition coefficient (Wildman–Crippen LogP) is 3.30. The molecule has 2 aromatic carbocycles. The first kappa shape index (κ1) is 20.8. The Morgan fingerprint density at radius 1 is 1.28 bits per heavy atom. The molecule has 0 saturated carbocycles. The first-order chi connectivity index (χ1) is 14.2. The Hall–Kier alpha value is -2.91. The molecular weight excluding hydrogens is 380 g/mol. The molecule has 1 aliphatic heterocycles. The highest BCUT2D eigenvalue weighted by atomic mass is 32.2. The molecule has 1 saturated heterocycles. The van der Waals surface area contributed by atoms with Gasteiger partial charge in [0.1, 0.15) is 0 Å². The Balaban J connectivity index is 1.44. The molecule has 3 rings (SSSR count). The summed E-state index contributed by atoms with van der Waals surface area (Å²) in [5.74, 6) is 4.90. The predicted molar refractivity (Wildman–Crippen MR) is 121 cm³/mol. The van der Waals surface area contributed by atoms with Crippen LogP contribution >= 0.6 is 11.8 Å². The van der Waals surface area contributed by atoms with E-state index in [9.17, 15) is 4.79 Å². The highest BCUT2D eigenvalue weighted by molar-refractivity contribution is 7.99. The number of aliphatic imine (C=N–C) groups is 1. The van der Waals surface area contributed by atoms with Crippen LogP contribution in [0.2, 0.25) is 0 Å². The molecule has 2 N–H and O–H groups in total. The Bertz CT molecular complexity index is 891. The SMILES string of the molecule is C#Cc1cccc(NC(=O)CNC(=NC)N2CCC(CSc3ccccc3)C2)c1. The van der Waals surface area contributed by atoms with Crippen molar-refractivity contribution in [3.63, 3.8) is 0 Å². The van der Waals surface area contributed by atoms with Crippen molar-refractivity contribution in [2.24, 2.45) is 10.9 Å². The van der Waals surface area contributed by atoms with E-state index in [4.69, 9.17) is 6.42 Å². The van der Waals surface area contributed by atoms with Crippen LogP contribution in [0.15, 0.2) is 64.5 Å². The van der Waals surface area contributed by atoms with Crippen molar-refractivity contribution in [3.8, 4) is 12.3 Å². The van der Waals surface area contributed by atoms with E-state index in [1.807, 2.05) is 36.0 Å². The van der Waals surface area contributed by atoms with Gasteiger partial charge in [0.25, 0.3) is 0 Å². The third-order valence-corrected chi connectivity index (χ3v) is 5.99. The number of rotatable bonds is 6. The van der Waals surface area contributed by atoms with Gasteiger partial charge in [-0.05, 0) is 42.7 Å². The minimum Gasteiger partial charge on any atom is -0.347 e. The molecule has 5 nitrogen and oxygen atoms in total. The number of likely N-dealkylation sites (tertiary alicyclic amines) is 1. The lowest BCUT2D eigenvalue weighted by Crippen LogP contribution is -2.43. The summed E-state index contributed by atoms with van der Waals surface area (Å²) in [7, 11) is 1.75. The maximum atomic E-state index is 12.3. The molecular formula is C23H26N4OS. The Morgan fingerprint density at radius 3 is 2.86 bits per heavy atom. The summed E-state index contributed by atoms with van der Waals surface area (Å²) in [5, 5.41) is 6.03.